The first-order valence-electron chi connectivity index (χ1n) is 6.46. The molecule has 0 aliphatic heterocycles. The summed E-state index contributed by atoms with van der Waals surface area (Å²) in [4.78, 5) is 0. The van der Waals surface area contributed by atoms with Crippen molar-refractivity contribution in [3.8, 4) is 5.75 Å². The van der Waals surface area contributed by atoms with Crippen LogP contribution >= 0.6 is 0 Å². The van der Waals surface area contributed by atoms with Gasteiger partial charge in [0.1, 0.15) is 5.75 Å². The molecule has 2 nitrogen and oxygen atoms in total. The molecular weight excluding hydrogens is 224 g/mol. The Morgan fingerprint density at radius 1 is 1.17 bits per heavy atom. The molecule has 2 rings (SSSR count). The summed E-state index contributed by atoms with van der Waals surface area (Å²) >= 11 is 0. The van der Waals surface area contributed by atoms with Crippen molar-refractivity contribution in [3.63, 3.8) is 0 Å². The van der Waals surface area contributed by atoms with Gasteiger partial charge in [0.05, 0.1) is 13.2 Å². The summed E-state index contributed by atoms with van der Waals surface area (Å²) in [7, 11) is 0. The molecular formula is C16H20O2. The van der Waals surface area contributed by atoms with E-state index in [-0.39, 0.29) is 6.61 Å². The van der Waals surface area contributed by atoms with Gasteiger partial charge in [-0.2, -0.15) is 0 Å². The lowest BCUT2D eigenvalue weighted by molar-refractivity contribution is 0.276. The molecule has 0 unspecified atom stereocenters. The largest absolute Gasteiger partial charge is 0.493 e. The fourth-order valence-corrected chi connectivity index (χ4v) is 1.95. The summed E-state index contributed by atoms with van der Waals surface area (Å²) in [6.45, 7) is 5.14. The molecule has 0 bridgehead atoms. The fraction of sp³-hybridized carbons (Fsp3) is 0.375. The van der Waals surface area contributed by atoms with Crippen molar-refractivity contribution in [2.24, 2.45) is 5.92 Å². The van der Waals surface area contributed by atoms with E-state index in [9.17, 15) is 5.11 Å². The topological polar surface area (TPSA) is 29.5 Å². The quantitative estimate of drug-likeness (QED) is 0.867. The molecule has 0 aliphatic carbocycles. The second-order valence-electron chi connectivity index (χ2n) is 5.00. The minimum atomic E-state index is 0.0470. The number of fused-ring (bicyclic) bond motifs is 1. The molecule has 0 spiro atoms. The van der Waals surface area contributed by atoms with E-state index in [1.165, 1.54) is 0 Å². The van der Waals surface area contributed by atoms with E-state index in [0.29, 0.717) is 5.92 Å². The van der Waals surface area contributed by atoms with Gasteiger partial charge in [0.25, 0.3) is 0 Å². The molecule has 2 heteroatoms. The van der Waals surface area contributed by atoms with Crippen molar-refractivity contribution in [1.82, 2.24) is 0 Å². The van der Waals surface area contributed by atoms with Gasteiger partial charge in [0.15, 0.2) is 0 Å². The van der Waals surface area contributed by atoms with Crippen LogP contribution in [0.3, 0.4) is 0 Å². The average Bonchev–Trinajstić information content (AvgIpc) is 2.38. The van der Waals surface area contributed by atoms with Gasteiger partial charge in [-0.05, 0) is 35.4 Å². The molecule has 18 heavy (non-hydrogen) atoms. The number of hydrogen-bond acceptors (Lipinski definition) is 2. The number of hydrogen-bond donors (Lipinski definition) is 1. The zero-order chi connectivity index (χ0) is 13.0. The van der Waals surface area contributed by atoms with E-state index in [1.807, 2.05) is 30.3 Å². The third kappa shape index (κ3) is 3.02. The summed E-state index contributed by atoms with van der Waals surface area (Å²) in [5, 5.41) is 11.5. The maximum atomic E-state index is 9.28. The normalized spacial score (nSPS) is 11.1. The second kappa shape index (κ2) is 5.87. The zero-order valence-corrected chi connectivity index (χ0v) is 11.0. The van der Waals surface area contributed by atoms with Crippen LogP contribution in [0.15, 0.2) is 36.4 Å². The molecule has 96 valence electrons. The van der Waals surface area contributed by atoms with Crippen molar-refractivity contribution in [3.05, 3.63) is 42.0 Å². The number of benzene rings is 2. The van der Waals surface area contributed by atoms with Gasteiger partial charge in [0.2, 0.25) is 0 Å². The standard InChI is InChI=1S/C16H20O2/c1-12(2)7-8-18-16-10-13(11-17)9-14-5-3-4-6-15(14)16/h3-6,9-10,12,17H,7-8,11H2,1-2H3. The molecule has 0 radical (unpaired) electrons. The molecule has 2 aromatic carbocycles. The highest BCUT2D eigenvalue weighted by Gasteiger charge is 2.05. The van der Waals surface area contributed by atoms with Gasteiger partial charge in [-0.3, -0.25) is 0 Å². The molecule has 0 fully saturated rings. The lowest BCUT2D eigenvalue weighted by Crippen LogP contribution is -2.02. The molecule has 1 N–H and O–H groups in total. The fourth-order valence-electron chi connectivity index (χ4n) is 1.95. The van der Waals surface area contributed by atoms with Gasteiger partial charge in [-0.1, -0.05) is 38.1 Å². The maximum absolute atomic E-state index is 9.28. The van der Waals surface area contributed by atoms with Crippen molar-refractivity contribution >= 4 is 10.8 Å². The molecule has 0 saturated carbocycles. The summed E-state index contributed by atoms with van der Waals surface area (Å²) < 4.78 is 5.86. The van der Waals surface area contributed by atoms with Gasteiger partial charge >= 0.3 is 0 Å². The van der Waals surface area contributed by atoms with Crippen LogP contribution in [0.1, 0.15) is 25.8 Å². The molecule has 0 saturated heterocycles. The highest BCUT2D eigenvalue weighted by Crippen LogP contribution is 2.28. The SMILES string of the molecule is CC(C)CCOc1cc(CO)cc2ccccc12. The minimum absolute atomic E-state index is 0.0470. The van der Waals surface area contributed by atoms with Crippen LogP contribution in [-0.2, 0) is 6.61 Å². The number of aliphatic hydroxyl groups excluding tert-OH is 1. The second-order valence-corrected chi connectivity index (χ2v) is 5.00. The third-order valence-electron chi connectivity index (χ3n) is 3.02. The van der Waals surface area contributed by atoms with Crippen LogP contribution in [-0.4, -0.2) is 11.7 Å². The first-order chi connectivity index (χ1) is 8.70. The van der Waals surface area contributed by atoms with Crippen LogP contribution < -0.4 is 4.74 Å². The zero-order valence-electron chi connectivity index (χ0n) is 11.0. The average molecular weight is 244 g/mol. The third-order valence-corrected chi connectivity index (χ3v) is 3.02. The van der Waals surface area contributed by atoms with Crippen molar-refractivity contribution in [2.45, 2.75) is 26.9 Å². The number of rotatable bonds is 5. The van der Waals surface area contributed by atoms with E-state index < -0.39 is 0 Å². The van der Waals surface area contributed by atoms with Crippen molar-refractivity contribution in [1.29, 1.82) is 0 Å². The lowest BCUT2D eigenvalue weighted by Gasteiger charge is -2.12. The van der Waals surface area contributed by atoms with Crippen LogP contribution in [0.5, 0.6) is 5.75 Å². The van der Waals surface area contributed by atoms with Crippen molar-refractivity contribution < 1.29 is 9.84 Å². The molecule has 0 aromatic heterocycles. The molecule has 0 aliphatic rings. The Kier molecular flexibility index (Phi) is 4.21. The van der Waals surface area contributed by atoms with E-state index in [4.69, 9.17) is 4.74 Å². The van der Waals surface area contributed by atoms with E-state index in [1.54, 1.807) is 0 Å². The summed E-state index contributed by atoms with van der Waals surface area (Å²) in [6, 6.07) is 12.1. The molecule has 0 atom stereocenters. The monoisotopic (exact) mass is 244 g/mol. The Morgan fingerprint density at radius 2 is 1.94 bits per heavy atom. The van der Waals surface area contributed by atoms with E-state index in [0.717, 1.165) is 35.1 Å². The predicted octanol–water partition coefficient (Wildman–Crippen LogP) is 3.76. The smallest absolute Gasteiger partial charge is 0.127 e. The Hall–Kier alpha value is -1.54. The highest BCUT2D eigenvalue weighted by atomic mass is 16.5. The summed E-state index contributed by atoms with van der Waals surface area (Å²) in [5.41, 5.74) is 0.897. The summed E-state index contributed by atoms with van der Waals surface area (Å²) in [5.74, 6) is 1.51. The Morgan fingerprint density at radius 3 is 2.67 bits per heavy atom. The predicted molar refractivity (Wildman–Crippen MR) is 74.8 cm³/mol. The first kappa shape index (κ1) is 12.9. The Labute approximate surface area is 108 Å². The minimum Gasteiger partial charge on any atom is -0.493 e. The lowest BCUT2D eigenvalue weighted by atomic mass is 10.1. The maximum Gasteiger partial charge on any atom is 0.127 e. The van der Waals surface area contributed by atoms with Crippen LogP contribution in [0.2, 0.25) is 0 Å². The van der Waals surface area contributed by atoms with E-state index in [2.05, 4.69) is 19.9 Å². The Balaban J connectivity index is 2.29. The molecule has 0 amide bonds. The summed E-state index contributed by atoms with van der Waals surface area (Å²) in [6.07, 6.45) is 1.04. The number of aliphatic hydroxyl groups is 1. The van der Waals surface area contributed by atoms with Gasteiger partial charge in [-0.25, -0.2) is 0 Å². The van der Waals surface area contributed by atoms with Crippen molar-refractivity contribution in [2.75, 3.05) is 6.61 Å². The van der Waals surface area contributed by atoms with Gasteiger partial charge < -0.3 is 9.84 Å². The first-order valence-corrected chi connectivity index (χ1v) is 6.46. The van der Waals surface area contributed by atoms with Crippen LogP contribution in [0, 0.1) is 5.92 Å². The van der Waals surface area contributed by atoms with Crippen LogP contribution in [0.4, 0.5) is 0 Å². The van der Waals surface area contributed by atoms with E-state index >= 15 is 0 Å². The molecule has 0 heterocycles. The highest BCUT2D eigenvalue weighted by molar-refractivity contribution is 5.89. The van der Waals surface area contributed by atoms with Gasteiger partial charge in [0, 0.05) is 5.39 Å². The number of ether oxygens (including phenoxy) is 1. The van der Waals surface area contributed by atoms with Gasteiger partial charge in [-0.15, -0.1) is 0 Å². The van der Waals surface area contributed by atoms with Crippen LogP contribution in [0.25, 0.3) is 10.8 Å². The Bertz CT molecular complexity index is 517. The molecule has 2 aromatic rings.